The van der Waals surface area contributed by atoms with Crippen LogP contribution in [0.15, 0.2) is 24.5 Å². The highest BCUT2D eigenvalue weighted by molar-refractivity contribution is 6.33. The fourth-order valence-electron chi connectivity index (χ4n) is 3.33. The average molecular weight is 339 g/mol. The van der Waals surface area contributed by atoms with Crippen molar-refractivity contribution in [2.24, 2.45) is 0 Å². The second-order valence-corrected chi connectivity index (χ2v) is 6.35. The van der Waals surface area contributed by atoms with E-state index in [1.165, 1.54) is 0 Å². The second kappa shape index (κ2) is 5.56. The van der Waals surface area contributed by atoms with Gasteiger partial charge in [-0.25, -0.2) is 9.37 Å². The van der Waals surface area contributed by atoms with Gasteiger partial charge >= 0.3 is 0 Å². The third kappa shape index (κ3) is 2.29. The Bertz CT molecular complexity index is 751. The fraction of sp³-hybridized carbons (Fsp3) is 0.438. The first kappa shape index (κ1) is 15.1. The molecule has 0 unspecified atom stereocenters. The first-order valence-electron chi connectivity index (χ1n) is 7.47. The maximum atomic E-state index is 14.6. The van der Waals surface area contributed by atoms with E-state index in [9.17, 15) is 9.50 Å². The standard InChI is InChI=1S/C16H16ClFN2O3/c1-8-2-3-9(17)12(13(8)18)16-19-4-5-20(16)10-6-22-15-11(21)7-23-14(10)15/h2-5,10-11,14-15,21H,6-7H2,1H3/t10-,11-,14-,15-/m1/s1. The number of imidazole rings is 1. The van der Waals surface area contributed by atoms with Gasteiger partial charge in [-0.05, 0) is 18.6 Å². The molecule has 2 aromatic rings. The summed E-state index contributed by atoms with van der Waals surface area (Å²) in [7, 11) is 0. The summed E-state index contributed by atoms with van der Waals surface area (Å²) in [6, 6.07) is 3.13. The zero-order valence-corrected chi connectivity index (χ0v) is 13.2. The van der Waals surface area contributed by atoms with E-state index in [1.54, 1.807) is 31.5 Å². The molecule has 2 aliphatic heterocycles. The van der Waals surface area contributed by atoms with Crippen LogP contribution in [0.25, 0.3) is 11.4 Å². The van der Waals surface area contributed by atoms with Gasteiger partial charge in [0.05, 0.1) is 29.8 Å². The molecule has 7 heteroatoms. The minimum atomic E-state index is -0.628. The number of aliphatic hydroxyl groups is 1. The maximum Gasteiger partial charge on any atom is 0.144 e. The van der Waals surface area contributed by atoms with Crippen LogP contribution >= 0.6 is 11.6 Å². The molecule has 0 bridgehead atoms. The van der Waals surface area contributed by atoms with E-state index in [-0.39, 0.29) is 36.2 Å². The minimum absolute atomic E-state index is 0.175. The molecular weight excluding hydrogens is 323 g/mol. The van der Waals surface area contributed by atoms with E-state index >= 15 is 0 Å². The number of halogens is 2. The summed E-state index contributed by atoms with van der Waals surface area (Å²) in [6.07, 6.45) is 2.11. The smallest absolute Gasteiger partial charge is 0.144 e. The third-order valence-corrected chi connectivity index (χ3v) is 4.85. The van der Waals surface area contributed by atoms with Crippen molar-refractivity contribution in [2.75, 3.05) is 13.2 Å². The molecule has 2 saturated heterocycles. The number of hydrogen-bond acceptors (Lipinski definition) is 4. The van der Waals surface area contributed by atoms with Crippen LogP contribution in [0.1, 0.15) is 11.6 Å². The highest BCUT2D eigenvalue weighted by Gasteiger charge is 2.48. The van der Waals surface area contributed by atoms with Crippen LogP contribution in [0, 0.1) is 12.7 Å². The van der Waals surface area contributed by atoms with Crippen molar-refractivity contribution in [2.45, 2.75) is 31.3 Å². The summed E-state index contributed by atoms with van der Waals surface area (Å²) in [5.74, 6) is 0.0585. The average Bonchev–Trinajstić information content (AvgIpc) is 3.22. The van der Waals surface area contributed by atoms with Crippen molar-refractivity contribution in [3.8, 4) is 11.4 Å². The molecule has 0 spiro atoms. The highest BCUT2D eigenvalue weighted by atomic mass is 35.5. The van der Waals surface area contributed by atoms with Crippen LogP contribution in [-0.2, 0) is 9.47 Å². The number of nitrogens with zero attached hydrogens (tertiary/aromatic N) is 2. The van der Waals surface area contributed by atoms with E-state index in [0.29, 0.717) is 23.0 Å². The Kier molecular flexibility index (Phi) is 3.65. The molecule has 23 heavy (non-hydrogen) atoms. The molecule has 4 rings (SSSR count). The molecule has 0 aliphatic carbocycles. The molecule has 1 aromatic carbocycles. The Balaban J connectivity index is 1.77. The molecule has 0 radical (unpaired) electrons. The lowest BCUT2D eigenvalue weighted by molar-refractivity contribution is 0.0172. The van der Waals surface area contributed by atoms with E-state index in [2.05, 4.69) is 4.98 Å². The molecule has 1 aromatic heterocycles. The Morgan fingerprint density at radius 1 is 1.30 bits per heavy atom. The Morgan fingerprint density at radius 3 is 2.91 bits per heavy atom. The first-order valence-corrected chi connectivity index (χ1v) is 7.85. The first-order chi connectivity index (χ1) is 11.1. The Labute approximate surface area is 137 Å². The maximum absolute atomic E-state index is 14.6. The summed E-state index contributed by atoms with van der Waals surface area (Å²) >= 11 is 6.21. The normalized spacial score (nSPS) is 29.9. The molecule has 0 saturated carbocycles. The molecule has 2 aliphatic rings. The Morgan fingerprint density at radius 2 is 2.09 bits per heavy atom. The van der Waals surface area contributed by atoms with Crippen molar-refractivity contribution in [3.63, 3.8) is 0 Å². The van der Waals surface area contributed by atoms with E-state index in [4.69, 9.17) is 21.1 Å². The lowest BCUT2D eigenvalue weighted by Crippen LogP contribution is -2.30. The number of aromatic nitrogens is 2. The van der Waals surface area contributed by atoms with Gasteiger partial charge in [-0.1, -0.05) is 17.7 Å². The number of benzene rings is 1. The van der Waals surface area contributed by atoms with Crippen LogP contribution in [0.3, 0.4) is 0 Å². The van der Waals surface area contributed by atoms with Crippen LogP contribution < -0.4 is 0 Å². The van der Waals surface area contributed by atoms with Gasteiger partial charge in [0, 0.05) is 12.4 Å². The number of ether oxygens (including phenoxy) is 2. The van der Waals surface area contributed by atoms with Gasteiger partial charge in [-0.15, -0.1) is 0 Å². The Hall–Kier alpha value is -1.47. The number of hydrogen-bond donors (Lipinski definition) is 1. The third-order valence-electron chi connectivity index (χ3n) is 4.53. The van der Waals surface area contributed by atoms with Crippen molar-refractivity contribution in [1.29, 1.82) is 0 Å². The molecule has 3 heterocycles. The summed E-state index contributed by atoms with van der Waals surface area (Å²) in [5, 5.41) is 10.2. The lowest BCUT2D eigenvalue weighted by atomic mass is 10.1. The van der Waals surface area contributed by atoms with Crippen molar-refractivity contribution >= 4 is 11.6 Å². The van der Waals surface area contributed by atoms with Gasteiger partial charge < -0.3 is 19.1 Å². The number of aliphatic hydroxyl groups excluding tert-OH is 1. The molecule has 122 valence electrons. The predicted molar refractivity (Wildman–Crippen MR) is 81.9 cm³/mol. The summed E-state index contributed by atoms with van der Waals surface area (Å²) < 4.78 is 27.7. The highest BCUT2D eigenvalue weighted by Crippen LogP contribution is 2.38. The topological polar surface area (TPSA) is 56.5 Å². The van der Waals surface area contributed by atoms with Gasteiger partial charge in [-0.3, -0.25) is 0 Å². The van der Waals surface area contributed by atoms with Crippen molar-refractivity contribution < 1.29 is 19.0 Å². The fourth-order valence-corrected chi connectivity index (χ4v) is 3.56. The monoisotopic (exact) mass is 338 g/mol. The van der Waals surface area contributed by atoms with Gasteiger partial charge in [0.15, 0.2) is 0 Å². The number of rotatable bonds is 2. The number of aryl methyl sites for hydroxylation is 1. The van der Waals surface area contributed by atoms with Crippen LogP contribution in [0.2, 0.25) is 5.02 Å². The predicted octanol–water partition coefficient (Wildman–Crippen LogP) is 2.35. The lowest BCUT2D eigenvalue weighted by Gasteiger charge is -2.20. The van der Waals surface area contributed by atoms with Crippen LogP contribution in [0.5, 0.6) is 0 Å². The minimum Gasteiger partial charge on any atom is -0.388 e. The van der Waals surface area contributed by atoms with E-state index in [0.717, 1.165) is 0 Å². The van der Waals surface area contributed by atoms with Crippen LogP contribution in [0.4, 0.5) is 4.39 Å². The summed E-state index contributed by atoms with van der Waals surface area (Å²) in [4.78, 5) is 4.29. The van der Waals surface area contributed by atoms with Gasteiger partial charge in [0.2, 0.25) is 0 Å². The molecule has 1 N–H and O–H groups in total. The van der Waals surface area contributed by atoms with Gasteiger partial charge in [0.1, 0.15) is 30.0 Å². The molecule has 5 nitrogen and oxygen atoms in total. The molecular formula is C16H16ClFN2O3. The summed E-state index contributed by atoms with van der Waals surface area (Å²) in [6.45, 7) is 2.31. The molecule has 4 atom stereocenters. The summed E-state index contributed by atoms with van der Waals surface area (Å²) in [5.41, 5.74) is 0.783. The van der Waals surface area contributed by atoms with Crippen molar-refractivity contribution in [1.82, 2.24) is 9.55 Å². The van der Waals surface area contributed by atoms with E-state index < -0.39 is 6.10 Å². The second-order valence-electron chi connectivity index (χ2n) is 5.94. The van der Waals surface area contributed by atoms with E-state index in [1.807, 2.05) is 4.57 Å². The van der Waals surface area contributed by atoms with Crippen molar-refractivity contribution in [3.05, 3.63) is 40.9 Å². The SMILES string of the molecule is Cc1ccc(Cl)c(-c2nccn2[C@@H]2CO[C@H]3[C@@H]2OC[C@H]3O)c1F. The van der Waals surface area contributed by atoms with Crippen LogP contribution in [-0.4, -0.2) is 46.2 Å². The van der Waals surface area contributed by atoms with Gasteiger partial charge in [-0.2, -0.15) is 0 Å². The molecule has 2 fully saturated rings. The number of fused-ring (bicyclic) bond motifs is 1. The van der Waals surface area contributed by atoms with Gasteiger partial charge in [0.25, 0.3) is 0 Å². The zero-order valence-electron chi connectivity index (χ0n) is 12.4. The quantitative estimate of drug-likeness (QED) is 0.913. The largest absolute Gasteiger partial charge is 0.388 e. The zero-order chi connectivity index (χ0) is 16.1. The molecule has 0 amide bonds.